The van der Waals surface area contributed by atoms with Crippen molar-refractivity contribution in [2.75, 3.05) is 17.2 Å². The van der Waals surface area contributed by atoms with Gasteiger partial charge in [0.05, 0.1) is 5.56 Å². The Morgan fingerprint density at radius 2 is 1.71 bits per heavy atom. The number of rotatable bonds is 1. The predicted octanol–water partition coefficient (Wildman–Crippen LogP) is 3.85. The molecule has 3 rings (SSSR count). The van der Waals surface area contributed by atoms with Crippen molar-refractivity contribution in [1.29, 1.82) is 0 Å². The quantitative estimate of drug-likeness (QED) is 0.809. The predicted molar refractivity (Wildman–Crippen MR) is 77.1 cm³/mol. The molecule has 0 aliphatic carbocycles. The smallest absolute Gasteiger partial charge is 0.398 e. The van der Waals surface area contributed by atoms with Crippen LogP contribution in [0.5, 0.6) is 0 Å². The van der Waals surface area contributed by atoms with Crippen LogP contribution in [0.25, 0.3) is 0 Å². The highest BCUT2D eigenvalue weighted by Crippen LogP contribution is 2.32. The van der Waals surface area contributed by atoms with Crippen molar-refractivity contribution in [3.8, 4) is 0 Å². The number of alkyl halides is 3. The monoisotopic (exact) mass is 292 g/mol. The summed E-state index contributed by atoms with van der Waals surface area (Å²) in [5.74, 6) is 0. The van der Waals surface area contributed by atoms with Gasteiger partial charge in [0.2, 0.25) is 0 Å². The number of halogens is 3. The lowest BCUT2D eigenvalue weighted by atomic mass is 9.97. The normalized spacial score (nSPS) is 14.9. The molecule has 2 nitrogen and oxygen atoms in total. The lowest BCUT2D eigenvalue weighted by molar-refractivity contribution is -0.137. The van der Waals surface area contributed by atoms with Crippen LogP contribution in [0, 0.1) is 0 Å². The van der Waals surface area contributed by atoms with E-state index >= 15 is 0 Å². The van der Waals surface area contributed by atoms with Crippen LogP contribution in [0.2, 0.25) is 0 Å². The number of benzene rings is 2. The van der Waals surface area contributed by atoms with Crippen LogP contribution in [-0.4, -0.2) is 6.54 Å². The second-order valence-electron chi connectivity index (χ2n) is 5.20. The molecule has 0 unspecified atom stereocenters. The van der Waals surface area contributed by atoms with Crippen LogP contribution in [-0.2, 0) is 19.1 Å². The van der Waals surface area contributed by atoms with Gasteiger partial charge in [-0.25, -0.2) is 0 Å². The molecule has 0 saturated heterocycles. The van der Waals surface area contributed by atoms with Gasteiger partial charge in [0, 0.05) is 24.5 Å². The second-order valence-corrected chi connectivity index (χ2v) is 5.20. The summed E-state index contributed by atoms with van der Waals surface area (Å²) < 4.78 is 37.7. The molecule has 0 radical (unpaired) electrons. The number of hydrogen-bond donors (Lipinski definition) is 1. The Labute approximate surface area is 121 Å². The Morgan fingerprint density at radius 1 is 1.00 bits per heavy atom. The first kappa shape index (κ1) is 13.8. The Hall–Kier alpha value is -2.17. The molecule has 2 N–H and O–H groups in total. The fourth-order valence-electron chi connectivity index (χ4n) is 2.69. The van der Waals surface area contributed by atoms with Crippen molar-refractivity contribution in [2.45, 2.75) is 19.1 Å². The molecule has 1 aliphatic rings. The molecule has 1 heterocycles. The number of nitrogens with two attached hydrogens (primary N) is 1. The molecular formula is C16H15F3N2. The average molecular weight is 292 g/mol. The summed E-state index contributed by atoms with van der Waals surface area (Å²) in [6.45, 7) is 1.41. The summed E-state index contributed by atoms with van der Waals surface area (Å²) in [7, 11) is 0. The zero-order chi connectivity index (χ0) is 15.0. The molecule has 5 heteroatoms. The maximum atomic E-state index is 12.6. The van der Waals surface area contributed by atoms with E-state index in [0.717, 1.165) is 42.0 Å². The van der Waals surface area contributed by atoms with E-state index in [1.807, 2.05) is 12.1 Å². The Balaban J connectivity index is 1.85. The molecule has 0 atom stereocenters. The topological polar surface area (TPSA) is 29.3 Å². The van der Waals surface area contributed by atoms with E-state index in [1.54, 1.807) is 0 Å². The zero-order valence-corrected chi connectivity index (χ0v) is 11.3. The number of anilines is 2. The van der Waals surface area contributed by atoms with Gasteiger partial charge in [-0.1, -0.05) is 12.1 Å². The van der Waals surface area contributed by atoms with E-state index in [0.29, 0.717) is 6.54 Å². The average Bonchev–Trinajstić information content (AvgIpc) is 2.47. The summed E-state index contributed by atoms with van der Waals surface area (Å²) in [4.78, 5) is 2.05. The molecule has 0 bridgehead atoms. The minimum absolute atomic E-state index is 0.622. The van der Waals surface area contributed by atoms with Crippen molar-refractivity contribution in [2.24, 2.45) is 0 Å². The third-order valence-electron chi connectivity index (χ3n) is 3.87. The number of fused-ring (bicyclic) bond motifs is 1. The van der Waals surface area contributed by atoms with E-state index in [1.165, 1.54) is 17.7 Å². The number of nitrogens with zero attached hydrogens (tertiary/aromatic N) is 1. The van der Waals surface area contributed by atoms with Crippen molar-refractivity contribution in [3.05, 3.63) is 59.2 Å². The van der Waals surface area contributed by atoms with E-state index < -0.39 is 11.7 Å². The molecule has 0 amide bonds. The summed E-state index contributed by atoms with van der Waals surface area (Å²) in [5.41, 5.74) is 9.19. The fraction of sp³-hybridized carbons (Fsp3) is 0.250. The van der Waals surface area contributed by atoms with Gasteiger partial charge in [-0.2, -0.15) is 13.2 Å². The number of hydrogen-bond acceptors (Lipinski definition) is 2. The van der Waals surface area contributed by atoms with Crippen LogP contribution in [0.15, 0.2) is 42.5 Å². The molecule has 0 fully saturated rings. The van der Waals surface area contributed by atoms with Gasteiger partial charge in [0.1, 0.15) is 0 Å². The molecule has 2 aromatic carbocycles. The van der Waals surface area contributed by atoms with Gasteiger partial charge in [-0.15, -0.1) is 0 Å². The van der Waals surface area contributed by atoms with E-state index in [4.69, 9.17) is 5.73 Å². The molecule has 0 spiro atoms. The first-order chi connectivity index (χ1) is 9.95. The summed E-state index contributed by atoms with van der Waals surface area (Å²) >= 11 is 0. The van der Waals surface area contributed by atoms with Gasteiger partial charge in [0.15, 0.2) is 0 Å². The van der Waals surface area contributed by atoms with Crippen molar-refractivity contribution in [1.82, 2.24) is 0 Å². The summed E-state index contributed by atoms with van der Waals surface area (Å²) in [5, 5.41) is 0. The van der Waals surface area contributed by atoms with Crippen molar-refractivity contribution in [3.63, 3.8) is 0 Å². The highest BCUT2D eigenvalue weighted by atomic mass is 19.4. The lowest BCUT2D eigenvalue weighted by Crippen LogP contribution is -2.30. The second kappa shape index (κ2) is 4.98. The first-order valence-electron chi connectivity index (χ1n) is 6.73. The van der Waals surface area contributed by atoms with Gasteiger partial charge < -0.3 is 10.6 Å². The largest absolute Gasteiger partial charge is 0.416 e. The van der Waals surface area contributed by atoms with Gasteiger partial charge >= 0.3 is 6.18 Å². The summed E-state index contributed by atoms with van der Waals surface area (Å²) in [6.07, 6.45) is -3.45. The zero-order valence-electron chi connectivity index (χ0n) is 11.3. The molecule has 21 heavy (non-hydrogen) atoms. The van der Waals surface area contributed by atoms with Crippen LogP contribution >= 0.6 is 0 Å². The van der Waals surface area contributed by atoms with Gasteiger partial charge in [-0.05, 0) is 47.9 Å². The fourth-order valence-corrected chi connectivity index (χ4v) is 2.69. The van der Waals surface area contributed by atoms with Crippen LogP contribution in [0.1, 0.15) is 16.7 Å². The molecule has 110 valence electrons. The highest BCUT2D eigenvalue weighted by molar-refractivity contribution is 5.57. The van der Waals surface area contributed by atoms with Crippen molar-refractivity contribution >= 4 is 11.4 Å². The lowest BCUT2D eigenvalue weighted by Gasteiger charge is -2.31. The van der Waals surface area contributed by atoms with E-state index in [2.05, 4.69) is 11.0 Å². The number of nitrogen functional groups attached to an aromatic ring is 1. The SMILES string of the molecule is Nc1cccc2c1CN(c1ccc(C(F)(F)F)cc1)CC2. The van der Waals surface area contributed by atoms with Crippen molar-refractivity contribution < 1.29 is 13.2 Å². The molecule has 1 aliphatic heterocycles. The van der Waals surface area contributed by atoms with Gasteiger partial charge in [-0.3, -0.25) is 0 Å². The third kappa shape index (κ3) is 2.68. The standard InChI is InChI=1S/C16H15F3N2/c17-16(18,19)12-4-6-13(7-5-12)21-9-8-11-2-1-3-15(20)14(11)10-21/h1-7H,8-10,20H2. The maximum absolute atomic E-state index is 12.6. The van der Waals surface area contributed by atoms with Crippen LogP contribution in [0.4, 0.5) is 24.5 Å². The minimum atomic E-state index is -4.29. The molecule has 0 aromatic heterocycles. The van der Waals surface area contributed by atoms with Crippen LogP contribution in [0.3, 0.4) is 0 Å². The molecule has 0 saturated carbocycles. The Kier molecular flexibility index (Phi) is 3.27. The minimum Gasteiger partial charge on any atom is -0.398 e. The van der Waals surface area contributed by atoms with Crippen LogP contribution < -0.4 is 10.6 Å². The maximum Gasteiger partial charge on any atom is 0.416 e. The van der Waals surface area contributed by atoms with E-state index in [-0.39, 0.29) is 0 Å². The Morgan fingerprint density at radius 3 is 2.38 bits per heavy atom. The molecule has 2 aromatic rings. The highest BCUT2D eigenvalue weighted by Gasteiger charge is 2.30. The Bertz CT molecular complexity index is 648. The summed E-state index contributed by atoms with van der Waals surface area (Å²) in [6, 6.07) is 11.1. The van der Waals surface area contributed by atoms with Gasteiger partial charge in [0.25, 0.3) is 0 Å². The van der Waals surface area contributed by atoms with E-state index in [9.17, 15) is 13.2 Å². The molecular weight excluding hydrogens is 277 g/mol. The first-order valence-corrected chi connectivity index (χ1v) is 6.73. The third-order valence-corrected chi connectivity index (χ3v) is 3.87.